The molecule has 1 aromatic rings. The molecule has 0 spiro atoms. The zero-order valence-corrected chi connectivity index (χ0v) is 11.7. The Hall–Kier alpha value is -0.450. The first-order valence-electron chi connectivity index (χ1n) is 6.28. The van der Waals surface area contributed by atoms with Crippen LogP contribution in [0.2, 0.25) is 0 Å². The number of hydrogen-bond donors (Lipinski definition) is 1. The van der Waals surface area contributed by atoms with Crippen molar-refractivity contribution in [3.8, 4) is 0 Å². The van der Waals surface area contributed by atoms with Gasteiger partial charge in [0.2, 0.25) is 0 Å². The minimum atomic E-state index is -0.339. The Morgan fingerprint density at radius 3 is 2.50 bits per heavy atom. The number of ether oxygens (including phenoxy) is 1. The van der Waals surface area contributed by atoms with E-state index in [1.54, 1.807) is 6.07 Å². The summed E-state index contributed by atoms with van der Waals surface area (Å²) in [6, 6.07) is 5.04. The fraction of sp³-hybridized carbons (Fsp3) is 0.571. The summed E-state index contributed by atoms with van der Waals surface area (Å²) >= 11 is 3.40. The number of aliphatic hydroxyl groups excluding tert-OH is 1. The van der Waals surface area contributed by atoms with Gasteiger partial charge in [-0.15, -0.1) is 0 Å². The molecule has 0 unspecified atom stereocenters. The molecule has 2 nitrogen and oxygen atoms in total. The van der Waals surface area contributed by atoms with Gasteiger partial charge in [-0.2, -0.15) is 0 Å². The summed E-state index contributed by atoms with van der Waals surface area (Å²) < 4.78 is 20.4. The predicted molar refractivity (Wildman–Crippen MR) is 70.0 cm³/mol. The van der Waals surface area contributed by atoms with Gasteiger partial charge in [0.25, 0.3) is 0 Å². The largest absolute Gasteiger partial charge is 0.396 e. The summed E-state index contributed by atoms with van der Waals surface area (Å²) in [6.45, 7) is 1.14. The maximum Gasteiger partial charge on any atom is 0.127 e. The van der Waals surface area contributed by atoms with E-state index in [1.165, 1.54) is 6.07 Å². The third-order valence-corrected chi connectivity index (χ3v) is 5.26. The van der Waals surface area contributed by atoms with Crippen LogP contribution in [0.15, 0.2) is 22.7 Å². The molecule has 1 saturated carbocycles. The lowest BCUT2D eigenvalue weighted by molar-refractivity contribution is -0.174. The first kappa shape index (κ1) is 12.6. The Balaban J connectivity index is 2.08. The van der Waals surface area contributed by atoms with E-state index in [0.29, 0.717) is 18.8 Å². The molecule has 0 bridgehead atoms. The Kier molecular flexibility index (Phi) is 3.00. The highest BCUT2D eigenvalue weighted by Crippen LogP contribution is 2.58. The second-order valence-electron chi connectivity index (χ2n) is 5.49. The van der Waals surface area contributed by atoms with Crippen LogP contribution in [-0.4, -0.2) is 24.9 Å². The maximum atomic E-state index is 14.2. The average molecular weight is 315 g/mol. The zero-order chi connectivity index (χ0) is 12.8. The summed E-state index contributed by atoms with van der Waals surface area (Å²) in [5, 5.41) is 9.77. The maximum absolute atomic E-state index is 14.2. The third-order valence-electron chi connectivity index (χ3n) is 4.77. The molecule has 1 aliphatic heterocycles. The molecule has 4 heteroatoms. The molecule has 1 saturated heterocycles. The lowest BCUT2D eigenvalue weighted by Gasteiger charge is -2.59. The van der Waals surface area contributed by atoms with Crippen molar-refractivity contribution < 1.29 is 14.2 Å². The first-order valence-corrected chi connectivity index (χ1v) is 7.07. The molecule has 0 aromatic heterocycles. The van der Waals surface area contributed by atoms with Crippen LogP contribution in [0.3, 0.4) is 0 Å². The van der Waals surface area contributed by atoms with E-state index >= 15 is 0 Å². The second-order valence-corrected chi connectivity index (χ2v) is 6.41. The van der Waals surface area contributed by atoms with E-state index < -0.39 is 0 Å². The van der Waals surface area contributed by atoms with Crippen LogP contribution >= 0.6 is 15.9 Å². The normalized spacial score (nSPS) is 24.2. The monoisotopic (exact) mass is 314 g/mol. The average Bonchev–Trinajstić information content (AvgIpc) is 2.25. The number of aliphatic hydroxyl groups is 1. The molecule has 1 heterocycles. The lowest BCUT2D eigenvalue weighted by atomic mass is 9.50. The molecule has 0 radical (unpaired) electrons. The molecule has 3 rings (SSSR count). The number of rotatable bonds is 3. The van der Waals surface area contributed by atoms with E-state index in [1.807, 2.05) is 6.07 Å². The summed E-state index contributed by atoms with van der Waals surface area (Å²) in [7, 11) is 0. The predicted octanol–water partition coefficient (Wildman–Crippen LogP) is 3.02. The Bertz CT molecular complexity index is 461. The minimum absolute atomic E-state index is 0.113. The smallest absolute Gasteiger partial charge is 0.127 e. The highest BCUT2D eigenvalue weighted by Gasteiger charge is 2.60. The van der Waals surface area contributed by atoms with Gasteiger partial charge in [0, 0.05) is 22.1 Å². The van der Waals surface area contributed by atoms with Crippen LogP contribution < -0.4 is 0 Å². The van der Waals surface area contributed by atoms with E-state index in [0.717, 1.165) is 23.7 Å². The van der Waals surface area contributed by atoms with E-state index in [4.69, 9.17) is 4.74 Å². The van der Waals surface area contributed by atoms with Crippen molar-refractivity contribution >= 4 is 15.9 Å². The van der Waals surface area contributed by atoms with Crippen LogP contribution in [0.25, 0.3) is 0 Å². The summed E-state index contributed by atoms with van der Waals surface area (Å²) in [6.07, 6.45) is 3.02. The van der Waals surface area contributed by atoms with E-state index in [-0.39, 0.29) is 23.3 Å². The molecule has 2 aliphatic rings. The minimum Gasteiger partial charge on any atom is -0.396 e. The lowest BCUT2D eigenvalue weighted by Crippen LogP contribution is -2.63. The van der Waals surface area contributed by atoms with Gasteiger partial charge in [-0.3, -0.25) is 0 Å². The van der Waals surface area contributed by atoms with Gasteiger partial charge >= 0.3 is 0 Å². The Morgan fingerprint density at radius 2 is 2.06 bits per heavy atom. The molecule has 18 heavy (non-hydrogen) atoms. The molecule has 0 amide bonds. The number of hydrogen-bond acceptors (Lipinski definition) is 2. The fourth-order valence-electron chi connectivity index (χ4n) is 3.31. The van der Waals surface area contributed by atoms with Gasteiger partial charge in [-0.1, -0.05) is 22.4 Å². The molecular formula is C14H16BrFO2. The zero-order valence-electron chi connectivity index (χ0n) is 10.1. The molecule has 1 aliphatic carbocycles. The van der Waals surface area contributed by atoms with Crippen LogP contribution in [0.1, 0.15) is 24.8 Å². The molecule has 98 valence electrons. The molecule has 1 aromatic carbocycles. The quantitative estimate of drug-likeness (QED) is 0.929. The van der Waals surface area contributed by atoms with E-state index in [2.05, 4.69) is 15.9 Å². The van der Waals surface area contributed by atoms with Crippen LogP contribution in [0.4, 0.5) is 4.39 Å². The SMILES string of the molecule is OCC1(C2(c3cc(Br)ccc3F)COC2)CCC1. The number of halogens is 2. The van der Waals surface area contributed by atoms with Crippen LogP contribution in [-0.2, 0) is 10.2 Å². The van der Waals surface area contributed by atoms with Gasteiger partial charge in [0.05, 0.1) is 18.6 Å². The number of benzene rings is 1. The first-order chi connectivity index (χ1) is 8.63. The molecule has 0 atom stereocenters. The van der Waals surface area contributed by atoms with Crippen molar-refractivity contribution in [3.05, 3.63) is 34.1 Å². The van der Waals surface area contributed by atoms with Gasteiger partial charge in [0.1, 0.15) is 5.82 Å². The van der Waals surface area contributed by atoms with Crippen molar-refractivity contribution in [3.63, 3.8) is 0 Å². The molecule has 1 N–H and O–H groups in total. The highest BCUT2D eigenvalue weighted by molar-refractivity contribution is 9.10. The third kappa shape index (κ3) is 1.52. The van der Waals surface area contributed by atoms with Gasteiger partial charge in [0.15, 0.2) is 0 Å². The van der Waals surface area contributed by atoms with Crippen molar-refractivity contribution in [2.24, 2.45) is 5.41 Å². The van der Waals surface area contributed by atoms with E-state index in [9.17, 15) is 9.50 Å². The summed E-state index contributed by atoms with van der Waals surface area (Å²) in [5.74, 6) is -0.193. The van der Waals surface area contributed by atoms with Gasteiger partial charge in [-0.25, -0.2) is 4.39 Å². The molecular weight excluding hydrogens is 299 g/mol. The topological polar surface area (TPSA) is 29.5 Å². The van der Waals surface area contributed by atoms with Crippen molar-refractivity contribution in [1.82, 2.24) is 0 Å². The summed E-state index contributed by atoms with van der Waals surface area (Å²) in [5.41, 5.74) is 0.165. The van der Waals surface area contributed by atoms with Crippen molar-refractivity contribution in [1.29, 1.82) is 0 Å². The van der Waals surface area contributed by atoms with Crippen molar-refractivity contribution in [2.45, 2.75) is 24.7 Å². The summed E-state index contributed by atoms with van der Waals surface area (Å²) in [4.78, 5) is 0. The van der Waals surface area contributed by atoms with Crippen LogP contribution in [0.5, 0.6) is 0 Å². The van der Waals surface area contributed by atoms with Crippen LogP contribution in [0, 0.1) is 11.2 Å². The second kappa shape index (κ2) is 4.29. The Labute approximate surface area is 114 Å². The standard InChI is InChI=1S/C14H16BrFO2/c15-10-2-3-12(16)11(6-10)14(8-18-9-14)13(7-17)4-1-5-13/h2-3,6,17H,1,4-5,7-9H2. The van der Waals surface area contributed by atoms with Gasteiger partial charge in [-0.05, 0) is 31.0 Å². The fourth-order valence-corrected chi connectivity index (χ4v) is 3.67. The van der Waals surface area contributed by atoms with Gasteiger partial charge < -0.3 is 9.84 Å². The highest BCUT2D eigenvalue weighted by atomic mass is 79.9. The Morgan fingerprint density at radius 1 is 1.33 bits per heavy atom. The molecule has 2 fully saturated rings. The van der Waals surface area contributed by atoms with Crippen molar-refractivity contribution in [2.75, 3.05) is 19.8 Å².